The third kappa shape index (κ3) is 6.64. The SMILES string of the molecule is COc1ccc(-n2c(C)cc(C(=O)N(C)C3CCN(c4ccncc4)CC3)c2C)cc1.O=C(O)C(F)(F)F. The van der Waals surface area contributed by atoms with Crippen molar-refractivity contribution >= 4 is 17.6 Å². The van der Waals surface area contributed by atoms with Crippen LogP contribution in [0.3, 0.4) is 0 Å². The van der Waals surface area contributed by atoms with Gasteiger partial charge in [-0.25, -0.2) is 4.79 Å². The maximum atomic E-state index is 13.4. The second-order valence-electron chi connectivity index (χ2n) is 8.96. The van der Waals surface area contributed by atoms with Crippen LogP contribution in [0.1, 0.15) is 34.6 Å². The molecule has 38 heavy (non-hydrogen) atoms. The van der Waals surface area contributed by atoms with Crippen LogP contribution in [0, 0.1) is 13.8 Å². The van der Waals surface area contributed by atoms with Crippen LogP contribution >= 0.6 is 0 Å². The highest BCUT2D eigenvalue weighted by Gasteiger charge is 2.38. The van der Waals surface area contributed by atoms with Crippen LogP contribution in [0.2, 0.25) is 0 Å². The molecule has 1 N–H and O–H groups in total. The number of hydrogen-bond donors (Lipinski definition) is 1. The van der Waals surface area contributed by atoms with E-state index in [4.69, 9.17) is 14.6 Å². The van der Waals surface area contributed by atoms with Crippen LogP contribution in [0.25, 0.3) is 5.69 Å². The number of carboxylic acid groups (broad SMARTS) is 1. The molecule has 8 nitrogen and oxygen atoms in total. The molecule has 0 radical (unpaired) electrons. The van der Waals surface area contributed by atoms with Crippen molar-refractivity contribution < 1.29 is 32.6 Å². The van der Waals surface area contributed by atoms with Crippen LogP contribution in [0.5, 0.6) is 5.75 Å². The lowest BCUT2D eigenvalue weighted by molar-refractivity contribution is -0.192. The largest absolute Gasteiger partial charge is 0.497 e. The number of aliphatic carboxylic acids is 1. The highest BCUT2D eigenvalue weighted by molar-refractivity contribution is 5.96. The molecule has 1 fully saturated rings. The highest BCUT2D eigenvalue weighted by atomic mass is 19.4. The Balaban J connectivity index is 0.000000505. The number of benzene rings is 1. The van der Waals surface area contributed by atoms with E-state index in [0.717, 1.165) is 54.3 Å². The van der Waals surface area contributed by atoms with E-state index in [1.165, 1.54) is 5.69 Å². The second-order valence-corrected chi connectivity index (χ2v) is 8.96. The van der Waals surface area contributed by atoms with E-state index < -0.39 is 12.1 Å². The first-order valence-electron chi connectivity index (χ1n) is 12.0. The molecule has 0 atom stereocenters. The quantitative estimate of drug-likeness (QED) is 0.505. The zero-order valence-corrected chi connectivity index (χ0v) is 21.7. The molecule has 1 aromatic carbocycles. The summed E-state index contributed by atoms with van der Waals surface area (Å²) < 4.78 is 39.1. The number of hydrogen-bond acceptors (Lipinski definition) is 5. The molecule has 0 spiro atoms. The van der Waals surface area contributed by atoms with Crippen molar-refractivity contribution in [3.63, 3.8) is 0 Å². The molecule has 11 heteroatoms. The fourth-order valence-corrected chi connectivity index (χ4v) is 4.53. The van der Waals surface area contributed by atoms with Gasteiger partial charge in [-0.2, -0.15) is 13.2 Å². The highest BCUT2D eigenvalue weighted by Crippen LogP contribution is 2.26. The first-order valence-corrected chi connectivity index (χ1v) is 12.0. The number of rotatable bonds is 5. The number of carbonyl (C=O) groups excluding carboxylic acids is 1. The van der Waals surface area contributed by atoms with Crippen molar-refractivity contribution in [2.75, 3.05) is 32.1 Å². The Labute approximate surface area is 219 Å². The number of methoxy groups -OCH3 is 1. The van der Waals surface area contributed by atoms with Crippen LogP contribution < -0.4 is 9.64 Å². The molecule has 1 aliphatic rings. The number of aromatic nitrogens is 2. The third-order valence-electron chi connectivity index (χ3n) is 6.60. The molecule has 0 unspecified atom stereocenters. The van der Waals surface area contributed by atoms with Crippen molar-refractivity contribution in [1.29, 1.82) is 0 Å². The minimum atomic E-state index is -5.08. The van der Waals surface area contributed by atoms with Gasteiger partial charge in [0.25, 0.3) is 5.91 Å². The van der Waals surface area contributed by atoms with E-state index in [1.807, 2.05) is 80.7 Å². The molecular formula is C27H31F3N4O4. The summed E-state index contributed by atoms with van der Waals surface area (Å²) in [5.41, 5.74) is 5.02. The Morgan fingerprint density at radius 1 is 1.03 bits per heavy atom. The first kappa shape index (κ1) is 28.5. The van der Waals surface area contributed by atoms with E-state index in [-0.39, 0.29) is 11.9 Å². The zero-order valence-electron chi connectivity index (χ0n) is 21.7. The predicted molar refractivity (Wildman–Crippen MR) is 137 cm³/mol. The van der Waals surface area contributed by atoms with Crippen molar-refractivity contribution in [1.82, 2.24) is 14.5 Å². The Bertz CT molecular complexity index is 1240. The molecule has 0 aliphatic carbocycles. The molecule has 1 saturated heterocycles. The van der Waals surface area contributed by atoms with E-state index in [9.17, 15) is 18.0 Å². The summed E-state index contributed by atoms with van der Waals surface area (Å²) in [6.45, 7) is 5.94. The Hall–Kier alpha value is -4.02. The van der Waals surface area contributed by atoms with Crippen LogP contribution in [-0.4, -0.2) is 70.9 Å². The molecule has 3 heterocycles. The Morgan fingerprint density at radius 2 is 1.58 bits per heavy atom. The number of ether oxygens (including phenoxy) is 1. The van der Waals surface area contributed by atoms with Crippen molar-refractivity contribution in [2.24, 2.45) is 0 Å². The summed E-state index contributed by atoms with van der Waals surface area (Å²) in [7, 11) is 3.60. The normalized spacial score (nSPS) is 13.9. The molecule has 1 aliphatic heterocycles. The van der Waals surface area contributed by atoms with Gasteiger partial charge in [0.1, 0.15) is 5.75 Å². The van der Waals surface area contributed by atoms with E-state index in [1.54, 1.807) is 7.11 Å². The summed E-state index contributed by atoms with van der Waals surface area (Å²) in [6.07, 6.45) is 0.495. The average Bonchev–Trinajstić information content (AvgIpc) is 3.21. The monoisotopic (exact) mass is 532 g/mol. The van der Waals surface area contributed by atoms with E-state index >= 15 is 0 Å². The van der Waals surface area contributed by atoms with Gasteiger partial charge in [0.05, 0.1) is 12.7 Å². The standard InChI is InChI=1S/C25H30N4O2.C2HF3O2/c1-18-17-24(19(2)29(18)22-5-7-23(31-4)8-6-22)25(30)27(3)20-11-15-28(16-12-20)21-9-13-26-14-10-21;3-2(4,5)1(6)7/h5-10,13-14,17,20H,11-12,15-16H2,1-4H3;(H,6,7). The Morgan fingerprint density at radius 3 is 2.08 bits per heavy atom. The number of carboxylic acids is 1. The summed E-state index contributed by atoms with van der Waals surface area (Å²) >= 11 is 0. The smallest absolute Gasteiger partial charge is 0.490 e. The number of amides is 1. The van der Waals surface area contributed by atoms with Gasteiger partial charge in [-0.05, 0) is 69.2 Å². The fourth-order valence-electron chi connectivity index (χ4n) is 4.53. The van der Waals surface area contributed by atoms with Gasteiger partial charge in [0.15, 0.2) is 0 Å². The van der Waals surface area contributed by atoms with E-state index in [2.05, 4.69) is 14.5 Å². The maximum Gasteiger partial charge on any atom is 0.490 e. The number of carbonyl (C=O) groups is 2. The lowest BCUT2D eigenvalue weighted by Crippen LogP contribution is -2.45. The fraction of sp³-hybridized carbons (Fsp3) is 0.370. The number of piperidine rings is 1. The van der Waals surface area contributed by atoms with E-state index in [0.29, 0.717) is 0 Å². The van der Waals surface area contributed by atoms with Crippen LogP contribution in [0.15, 0.2) is 54.9 Å². The van der Waals surface area contributed by atoms with Gasteiger partial charge < -0.3 is 24.2 Å². The number of pyridine rings is 1. The lowest BCUT2D eigenvalue weighted by Gasteiger charge is -2.37. The summed E-state index contributed by atoms with van der Waals surface area (Å²) in [4.78, 5) is 30.7. The average molecular weight is 533 g/mol. The first-order chi connectivity index (χ1) is 17.9. The number of nitrogens with zero attached hydrogens (tertiary/aromatic N) is 4. The summed E-state index contributed by atoms with van der Waals surface area (Å²) in [5.74, 6) is -1.84. The summed E-state index contributed by atoms with van der Waals surface area (Å²) in [6, 6.07) is 14.3. The Kier molecular flexibility index (Phi) is 9.03. The van der Waals surface area contributed by atoms with Gasteiger partial charge in [-0.1, -0.05) is 0 Å². The van der Waals surface area contributed by atoms with Crippen LogP contribution in [-0.2, 0) is 4.79 Å². The third-order valence-corrected chi connectivity index (χ3v) is 6.60. The van der Waals surface area contributed by atoms with Gasteiger partial charge >= 0.3 is 12.1 Å². The number of aryl methyl sites for hydroxylation is 1. The van der Waals surface area contributed by atoms with Crippen molar-refractivity contribution in [3.05, 3.63) is 71.8 Å². The van der Waals surface area contributed by atoms with Gasteiger partial charge in [-0.3, -0.25) is 9.78 Å². The van der Waals surface area contributed by atoms with Crippen molar-refractivity contribution in [2.45, 2.75) is 38.9 Å². The predicted octanol–water partition coefficient (Wildman–Crippen LogP) is 4.87. The molecule has 2 aromatic heterocycles. The topological polar surface area (TPSA) is 87.9 Å². The minimum absolute atomic E-state index is 0.0928. The number of alkyl halides is 3. The molecular weight excluding hydrogens is 501 g/mol. The van der Waals surface area contributed by atoms with Gasteiger partial charge in [0.2, 0.25) is 0 Å². The van der Waals surface area contributed by atoms with Gasteiger partial charge in [-0.15, -0.1) is 0 Å². The summed E-state index contributed by atoms with van der Waals surface area (Å²) in [5, 5.41) is 7.12. The molecule has 3 aromatic rings. The number of anilines is 1. The maximum absolute atomic E-state index is 13.4. The lowest BCUT2D eigenvalue weighted by atomic mass is 10.0. The van der Waals surface area contributed by atoms with Crippen LogP contribution in [0.4, 0.5) is 18.9 Å². The zero-order chi connectivity index (χ0) is 28.0. The number of halogens is 3. The molecule has 0 bridgehead atoms. The molecule has 0 saturated carbocycles. The van der Waals surface area contributed by atoms with Gasteiger partial charge in [0, 0.05) is 61.3 Å². The molecule has 1 amide bonds. The molecule has 4 rings (SSSR count). The minimum Gasteiger partial charge on any atom is -0.497 e. The molecule has 204 valence electrons. The van der Waals surface area contributed by atoms with Crippen molar-refractivity contribution in [3.8, 4) is 11.4 Å². The second kappa shape index (κ2) is 12.0.